The van der Waals surface area contributed by atoms with Gasteiger partial charge in [0, 0.05) is 28.0 Å². The molecule has 2 N–H and O–H groups in total. The molecule has 0 spiro atoms. The van der Waals surface area contributed by atoms with E-state index in [-0.39, 0.29) is 19.0 Å². The molecule has 0 bridgehead atoms. The standard InChI is InChI=1S/C28H28FN3O4S/c1-5-35-26(33)23-16(3)30-17(4)24(27(34)36-6-2)25(23)19-10-8-12-21(14-19)31-28-32-22(15-37-28)18-9-7-11-20(29)13-18/h7-15,25,30H,5-6H2,1-4H3,(H,31,32). The second-order valence-electron chi connectivity index (χ2n) is 8.38. The molecular formula is C28H28FN3O4S. The number of halogens is 1. The van der Waals surface area contributed by atoms with E-state index in [4.69, 9.17) is 9.47 Å². The number of dihydropyridines is 1. The first-order chi connectivity index (χ1) is 17.8. The number of hydrogen-bond acceptors (Lipinski definition) is 8. The molecule has 7 nitrogen and oxygen atoms in total. The Morgan fingerprint density at radius 1 is 1.00 bits per heavy atom. The average molecular weight is 522 g/mol. The lowest BCUT2D eigenvalue weighted by molar-refractivity contribution is -0.139. The molecule has 0 fully saturated rings. The fourth-order valence-corrected chi connectivity index (χ4v) is 5.06. The van der Waals surface area contributed by atoms with Crippen molar-refractivity contribution < 1.29 is 23.5 Å². The first kappa shape index (κ1) is 26.1. The third kappa shape index (κ3) is 5.72. The van der Waals surface area contributed by atoms with Gasteiger partial charge >= 0.3 is 11.9 Å². The zero-order valence-electron chi connectivity index (χ0n) is 21.1. The molecule has 192 valence electrons. The molecule has 0 unspecified atom stereocenters. The van der Waals surface area contributed by atoms with Crippen molar-refractivity contribution in [3.8, 4) is 11.3 Å². The van der Waals surface area contributed by atoms with Gasteiger partial charge in [0.05, 0.1) is 36.0 Å². The highest BCUT2D eigenvalue weighted by atomic mass is 32.1. The fraction of sp³-hybridized carbons (Fsp3) is 0.250. The van der Waals surface area contributed by atoms with E-state index in [0.717, 1.165) is 11.3 Å². The summed E-state index contributed by atoms with van der Waals surface area (Å²) in [6, 6.07) is 13.7. The maximum absolute atomic E-state index is 13.6. The molecule has 2 heterocycles. The summed E-state index contributed by atoms with van der Waals surface area (Å²) in [5.74, 6) is -1.99. The van der Waals surface area contributed by atoms with E-state index in [1.165, 1.54) is 23.5 Å². The summed E-state index contributed by atoms with van der Waals surface area (Å²) < 4.78 is 24.3. The van der Waals surface area contributed by atoms with E-state index in [1.807, 2.05) is 29.6 Å². The summed E-state index contributed by atoms with van der Waals surface area (Å²) in [6.45, 7) is 7.47. The number of nitrogens with one attached hydrogen (secondary N) is 2. The maximum atomic E-state index is 13.6. The number of anilines is 2. The summed E-state index contributed by atoms with van der Waals surface area (Å²) in [5.41, 5.74) is 4.74. The Morgan fingerprint density at radius 3 is 2.27 bits per heavy atom. The van der Waals surface area contributed by atoms with Crippen molar-refractivity contribution in [3.63, 3.8) is 0 Å². The van der Waals surface area contributed by atoms with E-state index < -0.39 is 17.9 Å². The van der Waals surface area contributed by atoms with Crippen molar-refractivity contribution in [1.82, 2.24) is 10.3 Å². The van der Waals surface area contributed by atoms with Crippen LogP contribution >= 0.6 is 11.3 Å². The smallest absolute Gasteiger partial charge is 0.336 e. The topological polar surface area (TPSA) is 89.5 Å². The Morgan fingerprint density at radius 2 is 1.65 bits per heavy atom. The van der Waals surface area contributed by atoms with Crippen molar-refractivity contribution in [2.45, 2.75) is 33.6 Å². The molecule has 37 heavy (non-hydrogen) atoms. The molecule has 0 saturated carbocycles. The Kier molecular flexibility index (Phi) is 8.03. The minimum atomic E-state index is -0.680. The van der Waals surface area contributed by atoms with E-state index in [0.29, 0.717) is 38.9 Å². The van der Waals surface area contributed by atoms with E-state index in [2.05, 4.69) is 15.6 Å². The Balaban J connectivity index is 1.70. The van der Waals surface area contributed by atoms with Crippen LogP contribution in [0.4, 0.5) is 15.2 Å². The molecule has 9 heteroatoms. The molecule has 0 atom stereocenters. The van der Waals surface area contributed by atoms with Crippen LogP contribution in [-0.4, -0.2) is 30.1 Å². The van der Waals surface area contributed by atoms with Gasteiger partial charge in [0.25, 0.3) is 0 Å². The molecule has 3 aromatic rings. The molecule has 0 amide bonds. The van der Waals surface area contributed by atoms with Gasteiger partial charge in [-0.2, -0.15) is 0 Å². The monoisotopic (exact) mass is 521 g/mol. The van der Waals surface area contributed by atoms with Gasteiger partial charge in [0.15, 0.2) is 5.13 Å². The minimum Gasteiger partial charge on any atom is -0.463 e. The molecule has 1 aromatic heterocycles. The number of rotatable bonds is 8. The minimum absolute atomic E-state index is 0.207. The second-order valence-corrected chi connectivity index (χ2v) is 9.23. The first-order valence-corrected chi connectivity index (χ1v) is 12.8. The Bertz CT molecular complexity index is 1360. The van der Waals surface area contributed by atoms with Gasteiger partial charge in [-0.25, -0.2) is 19.0 Å². The lowest BCUT2D eigenvalue weighted by atomic mass is 9.80. The summed E-state index contributed by atoms with van der Waals surface area (Å²) in [4.78, 5) is 30.6. The van der Waals surface area contributed by atoms with Crippen LogP contribution in [0.3, 0.4) is 0 Å². The lowest BCUT2D eigenvalue weighted by Crippen LogP contribution is -2.32. The molecular weight excluding hydrogens is 493 g/mol. The zero-order chi connectivity index (χ0) is 26.5. The van der Waals surface area contributed by atoms with Crippen molar-refractivity contribution in [2.24, 2.45) is 0 Å². The number of nitrogens with zero attached hydrogens (tertiary/aromatic N) is 1. The summed E-state index contributed by atoms with van der Waals surface area (Å²) in [5, 5.41) is 8.90. The van der Waals surface area contributed by atoms with E-state index in [1.54, 1.807) is 39.8 Å². The number of carbonyl (C=O) groups excluding carboxylic acids is 2. The van der Waals surface area contributed by atoms with Crippen molar-refractivity contribution in [1.29, 1.82) is 0 Å². The summed E-state index contributed by atoms with van der Waals surface area (Å²) in [7, 11) is 0. The average Bonchev–Trinajstić information content (AvgIpc) is 3.32. The van der Waals surface area contributed by atoms with Gasteiger partial charge in [-0.3, -0.25) is 0 Å². The second kappa shape index (κ2) is 11.4. The predicted octanol–water partition coefficient (Wildman–Crippen LogP) is 6.05. The van der Waals surface area contributed by atoms with Crippen LogP contribution < -0.4 is 10.6 Å². The highest BCUT2D eigenvalue weighted by molar-refractivity contribution is 7.14. The Hall–Kier alpha value is -3.98. The third-order valence-electron chi connectivity index (χ3n) is 5.85. The van der Waals surface area contributed by atoms with Crippen molar-refractivity contribution in [2.75, 3.05) is 18.5 Å². The quantitative estimate of drug-likeness (QED) is 0.349. The summed E-state index contributed by atoms with van der Waals surface area (Å²) >= 11 is 1.39. The highest BCUT2D eigenvalue weighted by Gasteiger charge is 2.38. The van der Waals surface area contributed by atoms with Crippen molar-refractivity contribution >= 4 is 34.1 Å². The lowest BCUT2D eigenvalue weighted by Gasteiger charge is -2.30. The molecule has 4 rings (SSSR count). The van der Waals surface area contributed by atoms with Crippen LogP contribution in [0.1, 0.15) is 39.2 Å². The normalized spacial score (nSPS) is 13.9. The third-order valence-corrected chi connectivity index (χ3v) is 6.60. The first-order valence-electron chi connectivity index (χ1n) is 11.9. The molecule has 1 aliphatic heterocycles. The molecule has 2 aromatic carbocycles. The predicted molar refractivity (Wildman–Crippen MR) is 142 cm³/mol. The number of aromatic nitrogens is 1. The Labute approximate surface area is 219 Å². The van der Waals surface area contributed by atoms with Gasteiger partial charge in [0.1, 0.15) is 5.82 Å². The molecule has 0 radical (unpaired) electrons. The van der Waals surface area contributed by atoms with Crippen LogP contribution in [0, 0.1) is 5.82 Å². The molecule has 0 aliphatic carbocycles. The number of esters is 2. The van der Waals surface area contributed by atoms with Gasteiger partial charge in [0.2, 0.25) is 0 Å². The molecule has 0 saturated heterocycles. The van der Waals surface area contributed by atoms with Gasteiger partial charge in [-0.05, 0) is 57.5 Å². The number of ether oxygens (including phenoxy) is 2. The van der Waals surface area contributed by atoms with Crippen LogP contribution in [0.2, 0.25) is 0 Å². The highest BCUT2D eigenvalue weighted by Crippen LogP contribution is 2.40. The van der Waals surface area contributed by atoms with Gasteiger partial charge in [-0.15, -0.1) is 11.3 Å². The van der Waals surface area contributed by atoms with Crippen molar-refractivity contribution in [3.05, 3.63) is 87.8 Å². The van der Waals surface area contributed by atoms with E-state index in [9.17, 15) is 14.0 Å². The van der Waals surface area contributed by atoms with Crippen LogP contribution in [0.25, 0.3) is 11.3 Å². The zero-order valence-corrected chi connectivity index (χ0v) is 21.9. The van der Waals surface area contributed by atoms with Gasteiger partial charge < -0.3 is 20.1 Å². The number of benzene rings is 2. The fourth-order valence-electron chi connectivity index (χ4n) is 4.32. The van der Waals surface area contributed by atoms with Crippen LogP contribution in [0.15, 0.2) is 76.5 Å². The van der Waals surface area contributed by atoms with Crippen LogP contribution in [0.5, 0.6) is 0 Å². The number of allylic oxidation sites excluding steroid dienone is 2. The van der Waals surface area contributed by atoms with E-state index >= 15 is 0 Å². The molecule has 1 aliphatic rings. The maximum Gasteiger partial charge on any atom is 0.336 e. The number of thiazole rings is 1. The number of carbonyl (C=O) groups is 2. The van der Waals surface area contributed by atoms with Crippen LogP contribution in [-0.2, 0) is 19.1 Å². The largest absolute Gasteiger partial charge is 0.463 e. The SMILES string of the molecule is CCOC(=O)C1=C(C)NC(C)=C(C(=O)OCC)C1c1cccc(Nc2nc(-c3cccc(F)c3)cs2)c1. The van der Waals surface area contributed by atoms with Gasteiger partial charge in [-0.1, -0.05) is 24.3 Å². The number of hydrogen-bond donors (Lipinski definition) is 2. The summed E-state index contributed by atoms with van der Waals surface area (Å²) in [6.07, 6.45) is 0.